The lowest BCUT2D eigenvalue weighted by Gasteiger charge is -2.11. The molecule has 0 aliphatic heterocycles. The van der Waals surface area contributed by atoms with Crippen LogP contribution in [0.1, 0.15) is 27.8 Å². The van der Waals surface area contributed by atoms with Crippen LogP contribution in [-0.4, -0.2) is 18.1 Å². The molecule has 3 nitrogen and oxygen atoms in total. The second-order valence-electron chi connectivity index (χ2n) is 4.25. The number of halogens is 2. The molecule has 0 aliphatic rings. The summed E-state index contributed by atoms with van der Waals surface area (Å²) in [6.07, 6.45) is 0. The zero-order chi connectivity index (χ0) is 14.7. The van der Waals surface area contributed by atoms with Gasteiger partial charge in [-0.05, 0) is 31.2 Å². The number of carbonyl (C=O) groups is 1. The smallest absolute Gasteiger partial charge is 0.339 e. The molecule has 0 saturated carbocycles. The van der Waals surface area contributed by atoms with E-state index in [2.05, 4.69) is 20.9 Å². The van der Waals surface area contributed by atoms with E-state index in [1.54, 1.807) is 12.1 Å². The average Bonchev–Trinajstić information content (AvgIpc) is 2.45. The summed E-state index contributed by atoms with van der Waals surface area (Å²) >= 11 is 9.45. The van der Waals surface area contributed by atoms with Crippen LogP contribution in [-0.2, 0) is 4.74 Å². The minimum Gasteiger partial charge on any atom is -0.465 e. The molecule has 0 fully saturated rings. The second kappa shape index (κ2) is 6.37. The average molecular weight is 355 g/mol. The van der Waals surface area contributed by atoms with Crippen molar-refractivity contribution < 1.29 is 9.53 Å². The van der Waals surface area contributed by atoms with Gasteiger partial charge in [0.25, 0.3) is 0 Å². The van der Waals surface area contributed by atoms with Gasteiger partial charge in [0, 0.05) is 10.6 Å². The molecule has 0 aliphatic carbocycles. The maximum atomic E-state index is 11.7. The molecule has 0 amide bonds. The van der Waals surface area contributed by atoms with Crippen LogP contribution in [0.4, 0.5) is 0 Å². The predicted octanol–water partition coefficient (Wildman–Crippen LogP) is 4.64. The Bertz CT molecular complexity index is 644. The van der Waals surface area contributed by atoms with Gasteiger partial charge in [0.2, 0.25) is 0 Å². The van der Waals surface area contributed by atoms with E-state index in [4.69, 9.17) is 16.3 Å². The van der Waals surface area contributed by atoms with Gasteiger partial charge in [-0.15, -0.1) is 0 Å². The highest BCUT2D eigenvalue weighted by molar-refractivity contribution is 9.09. The standard InChI is InChI=1S/C15H13BrClNO2/c1-9(16)14-12(15(19)20-2)6-7-13(18-14)10-4-3-5-11(17)8-10/h3-9H,1-2H3. The number of esters is 1. The molecule has 1 atom stereocenters. The van der Waals surface area contributed by atoms with Crippen LogP contribution < -0.4 is 0 Å². The Morgan fingerprint density at radius 3 is 2.70 bits per heavy atom. The first kappa shape index (κ1) is 15.0. The van der Waals surface area contributed by atoms with Crippen molar-refractivity contribution in [2.45, 2.75) is 11.8 Å². The van der Waals surface area contributed by atoms with Crippen LogP contribution in [0.3, 0.4) is 0 Å². The second-order valence-corrected chi connectivity index (χ2v) is 6.06. The van der Waals surface area contributed by atoms with Crippen molar-refractivity contribution in [1.29, 1.82) is 0 Å². The van der Waals surface area contributed by atoms with Crippen molar-refractivity contribution in [2.75, 3.05) is 7.11 Å². The molecular formula is C15H13BrClNO2. The SMILES string of the molecule is COC(=O)c1ccc(-c2cccc(Cl)c2)nc1C(C)Br. The minimum absolute atomic E-state index is 0.0595. The highest BCUT2D eigenvalue weighted by atomic mass is 79.9. The third-order valence-corrected chi connectivity index (χ3v) is 3.50. The van der Waals surface area contributed by atoms with Crippen LogP contribution in [0, 0.1) is 0 Å². The van der Waals surface area contributed by atoms with E-state index < -0.39 is 5.97 Å². The first-order valence-corrected chi connectivity index (χ1v) is 7.31. The molecule has 1 unspecified atom stereocenters. The van der Waals surface area contributed by atoms with Gasteiger partial charge in [0.05, 0.1) is 28.9 Å². The first-order valence-electron chi connectivity index (χ1n) is 6.02. The quantitative estimate of drug-likeness (QED) is 0.595. The fourth-order valence-electron chi connectivity index (χ4n) is 1.87. The third-order valence-electron chi connectivity index (χ3n) is 2.83. The molecule has 5 heteroatoms. The minimum atomic E-state index is -0.392. The van der Waals surface area contributed by atoms with Crippen molar-refractivity contribution in [3.05, 3.63) is 52.7 Å². The number of carbonyl (C=O) groups excluding carboxylic acids is 1. The fraction of sp³-hybridized carbons (Fsp3) is 0.200. The summed E-state index contributed by atoms with van der Waals surface area (Å²) < 4.78 is 4.77. The van der Waals surface area contributed by atoms with E-state index >= 15 is 0 Å². The van der Waals surface area contributed by atoms with Gasteiger partial charge in [0.15, 0.2) is 0 Å². The normalized spacial score (nSPS) is 12.0. The Morgan fingerprint density at radius 2 is 2.10 bits per heavy atom. The number of hydrogen-bond acceptors (Lipinski definition) is 3. The van der Waals surface area contributed by atoms with E-state index in [0.717, 1.165) is 11.3 Å². The summed E-state index contributed by atoms with van der Waals surface area (Å²) in [5.41, 5.74) is 2.78. The number of methoxy groups -OCH3 is 1. The van der Waals surface area contributed by atoms with Gasteiger partial charge in [-0.2, -0.15) is 0 Å². The molecule has 0 saturated heterocycles. The Morgan fingerprint density at radius 1 is 1.35 bits per heavy atom. The monoisotopic (exact) mass is 353 g/mol. The van der Waals surface area contributed by atoms with E-state index in [9.17, 15) is 4.79 Å². The zero-order valence-corrected chi connectivity index (χ0v) is 13.4. The molecule has 20 heavy (non-hydrogen) atoms. The molecule has 1 heterocycles. The fourth-order valence-corrected chi connectivity index (χ4v) is 2.41. The molecule has 2 aromatic rings. The van der Waals surface area contributed by atoms with Gasteiger partial charge in [-0.25, -0.2) is 4.79 Å². The van der Waals surface area contributed by atoms with Crippen molar-refractivity contribution >= 4 is 33.5 Å². The number of rotatable bonds is 3. The summed E-state index contributed by atoms with van der Waals surface area (Å²) in [6.45, 7) is 1.91. The number of hydrogen-bond donors (Lipinski definition) is 0. The van der Waals surface area contributed by atoms with Gasteiger partial charge in [-0.1, -0.05) is 39.7 Å². The van der Waals surface area contributed by atoms with E-state index in [-0.39, 0.29) is 4.83 Å². The molecule has 1 aromatic carbocycles. The highest BCUT2D eigenvalue weighted by Gasteiger charge is 2.17. The highest BCUT2D eigenvalue weighted by Crippen LogP contribution is 2.28. The molecule has 0 N–H and O–H groups in total. The Labute approximate surface area is 131 Å². The lowest BCUT2D eigenvalue weighted by atomic mass is 10.1. The van der Waals surface area contributed by atoms with Crippen LogP contribution >= 0.6 is 27.5 Å². The maximum absolute atomic E-state index is 11.7. The Kier molecular flexibility index (Phi) is 4.78. The van der Waals surface area contributed by atoms with Gasteiger partial charge < -0.3 is 4.74 Å². The molecule has 2 rings (SSSR count). The third kappa shape index (κ3) is 3.19. The number of pyridine rings is 1. The molecular weight excluding hydrogens is 342 g/mol. The van der Waals surface area contributed by atoms with Gasteiger partial charge >= 0.3 is 5.97 Å². The Balaban J connectivity index is 2.53. The van der Waals surface area contributed by atoms with Gasteiger partial charge in [0.1, 0.15) is 0 Å². The number of benzene rings is 1. The summed E-state index contributed by atoms with van der Waals surface area (Å²) in [5, 5.41) is 0.648. The van der Waals surface area contributed by atoms with Crippen LogP contribution in [0.5, 0.6) is 0 Å². The number of ether oxygens (including phenoxy) is 1. The lowest BCUT2D eigenvalue weighted by Crippen LogP contribution is -2.08. The number of aromatic nitrogens is 1. The molecule has 104 valence electrons. The van der Waals surface area contributed by atoms with Crippen molar-refractivity contribution in [3.8, 4) is 11.3 Å². The predicted molar refractivity (Wildman–Crippen MR) is 83.4 cm³/mol. The summed E-state index contributed by atoms with van der Waals surface area (Å²) in [5.74, 6) is -0.392. The van der Waals surface area contributed by atoms with Crippen LogP contribution in [0.2, 0.25) is 5.02 Å². The van der Waals surface area contributed by atoms with Crippen molar-refractivity contribution in [1.82, 2.24) is 4.98 Å². The summed E-state index contributed by atoms with van der Waals surface area (Å²) in [4.78, 5) is 16.2. The summed E-state index contributed by atoms with van der Waals surface area (Å²) in [7, 11) is 1.36. The van der Waals surface area contributed by atoms with Crippen molar-refractivity contribution in [3.63, 3.8) is 0 Å². The largest absolute Gasteiger partial charge is 0.465 e. The lowest BCUT2D eigenvalue weighted by molar-refractivity contribution is 0.0599. The molecule has 0 spiro atoms. The van der Waals surface area contributed by atoms with Gasteiger partial charge in [-0.3, -0.25) is 4.98 Å². The number of nitrogens with zero attached hydrogens (tertiary/aromatic N) is 1. The first-order chi connectivity index (χ1) is 9.52. The van der Waals surface area contributed by atoms with E-state index in [1.165, 1.54) is 7.11 Å². The van der Waals surface area contributed by atoms with Crippen LogP contribution in [0.15, 0.2) is 36.4 Å². The number of alkyl halides is 1. The van der Waals surface area contributed by atoms with E-state index in [1.807, 2.05) is 31.2 Å². The topological polar surface area (TPSA) is 39.2 Å². The van der Waals surface area contributed by atoms with E-state index in [0.29, 0.717) is 16.3 Å². The molecule has 0 radical (unpaired) electrons. The molecule has 0 bridgehead atoms. The Hall–Kier alpha value is -1.39. The summed E-state index contributed by atoms with van der Waals surface area (Å²) in [6, 6.07) is 10.9. The molecule has 1 aromatic heterocycles. The van der Waals surface area contributed by atoms with Crippen molar-refractivity contribution in [2.24, 2.45) is 0 Å². The zero-order valence-electron chi connectivity index (χ0n) is 11.1. The van der Waals surface area contributed by atoms with Crippen LogP contribution in [0.25, 0.3) is 11.3 Å². The maximum Gasteiger partial charge on any atom is 0.339 e.